The first kappa shape index (κ1) is 75.3. The summed E-state index contributed by atoms with van der Waals surface area (Å²) >= 11 is 0. The molecule has 0 radical (unpaired) electrons. The standard InChI is InChI=1S/C73H126O6/c1-4-7-10-13-16-19-22-25-28-31-34-35-36-37-40-42-45-48-51-54-57-60-63-66-72(75)78-69-70(79-73(76)67-64-61-58-55-52-49-46-43-39-33-30-27-24-21-18-15-12-9-6-3)68-77-71(74)65-62-59-56-53-50-47-44-41-38-32-29-26-23-20-17-14-11-8-5-2/h7,10,16,18-19,21,25-30,34-35,37,40,70H,4-6,8-9,11-15,17,20,22-24,31-33,36,38-39,41-69H2,1-3H3/b10-7-,19-16-,21-18-,28-25-,29-26-,30-27-,35-34-,40-37-. The summed E-state index contributed by atoms with van der Waals surface area (Å²) in [5, 5.41) is 0. The molecule has 6 heteroatoms. The molecule has 6 nitrogen and oxygen atoms in total. The molecule has 0 N–H and O–H groups in total. The molecule has 0 spiro atoms. The molecule has 0 saturated carbocycles. The number of allylic oxidation sites excluding steroid dienone is 16. The zero-order valence-electron chi connectivity index (χ0n) is 52.1. The van der Waals surface area contributed by atoms with Gasteiger partial charge in [-0.05, 0) is 122 Å². The molecule has 1 unspecified atom stereocenters. The summed E-state index contributed by atoms with van der Waals surface area (Å²) in [6.07, 6.45) is 89.8. The zero-order valence-corrected chi connectivity index (χ0v) is 52.1. The monoisotopic (exact) mass is 1100 g/mol. The first-order chi connectivity index (χ1) is 39.0. The predicted octanol–water partition coefficient (Wildman–Crippen LogP) is 23.2. The van der Waals surface area contributed by atoms with Crippen LogP contribution in [0, 0.1) is 0 Å². The summed E-state index contributed by atoms with van der Waals surface area (Å²) in [4.78, 5) is 38.4. The van der Waals surface area contributed by atoms with Crippen LogP contribution in [0.5, 0.6) is 0 Å². The van der Waals surface area contributed by atoms with E-state index < -0.39 is 6.10 Å². The first-order valence-electron chi connectivity index (χ1n) is 33.7. The SMILES string of the molecule is CC/C=C\C/C=C\C/C=C\C/C=C\C/C=C\CCCCCCCCCC(=O)OCC(COC(=O)CCCCCCCCCCC/C=C\CCCCCCCC)OC(=O)CCCCCCCCCCC/C=C\C/C=C\CCCCC. The second-order valence-electron chi connectivity index (χ2n) is 22.3. The van der Waals surface area contributed by atoms with E-state index >= 15 is 0 Å². The molecule has 0 rings (SSSR count). The predicted molar refractivity (Wildman–Crippen MR) is 344 cm³/mol. The summed E-state index contributed by atoms with van der Waals surface area (Å²) in [5.74, 6) is -0.887. The fraction of sp³-hybridized carbons (Fsp3) is 0.740. The Morgan fingerprint density at radius 1 is 0.266 bits per heavy atom. The zero-order chi connectivity index (χ0) is 57.1. The van der Waals surface area contributed by atoms with E-state index in [1.54, 1.807) is 0 Å². The summed E-state index contributed by atoms with van der Waals surface area (Å²) in [6, 6.07) is 0. The lowest BCUT2D eigenvalue weighted by Crippen LogP contribution is -2.30. The highest BCUT2D eigenvalue weighted by molar-refractivity contribution is 5.71. The fourth-order valence-corrected chi connectivity index (χ4v) is 9.50. The molecule has 79 heavy (non-hydrogen) atoms. The van der Waals surface area contributed by atoms with E-state index in [0.29, 0.717) is 19.3 Å². The van der Waals surface area contributed by atoms with Gasteiger partial charge < -0.3 is 14.2 Å². The third kappa shape index (κ3) is 65.0. The van der Waals surface area contributed by atoms with Crippen molar-refractivity contribution in [2.24, 2.45) is 0 Å². The highest BCUT2D eigenvalue weighted by Gasteiger charge is 2.19. The van der Waals surface area contributed by atoms with Gasteiger partial charge in [0.25, 0.3) is 0 Å². The summed E-state index contributed by atoms with van der Waals surface area (Å²) in [7, 11) is 0. The van der Waals surface area contributed by atoms with Gasteiger partial charge in [-0.2, -0.15) is 0 Å². The van der Waals surface area contributed by atoms with Gasteiger partial charge in [-0.15, -0.1) is 0 Å². The second kappa shape index (κ2) is 66.8. The first-order valence-corrected chi connectivity index (χ1v) is 33.7. The normalized spacial score (nSPS) is 12.7. The van der Waals surface area contributed by atoms with Crippen molar-refractivity contribution in [3.05, 3.63) is 97.2 Å². The quantitative estimate of drug-likeness (QED) is 0.0261. The van der Waals surface area contributed by atoms with Crippen LogP contribution in [-0.4, -0.2) is 37.2 Å². The van der Waals surface area contributed by atoms with Crippen LogP contribution in [0.15, 0.2) is 97.2 Å². The smallest absolute Gasteiger partial charge is 0.306 e. The maximum absolute atomic E-state index is 12.9. The molecule has 0 aromatic rings. The molecule has 0 fully saturated rings. The number of unbranched alkanes of at least 4 members (excludes halogenated alkanes) is 34. The van der Waals surface area contributed by atoms with E-state index in [4.69, 9.17) is 14.2 Å². The molecule has 0 aliphatic rings. The third-order valence-corrected chi connectivity index (χ3v) is 14.5. The van der Waals surface area contributed by atoms with E-state index in [9.17, 15) is 14.4 Å². The van der Waals surface area contributed by atoms with E-state index in [1.807, 2.05) is 0 Å². The molecule has 0 bridgehead atoms. The van der Waals surface area contributed by atoms with E-state index in [2.05, 4.69) is 118 Å². The minimum atomic E-state index is -0.788. The Morgan fingerprint density at radius 2 is 0.494 bits per heavy atom. The average Bonchev–Trinajstić information content (AvgIpc) is 3.45. The van der Waals surface area contributed by atoms with Crippen LogP contribution in [0.1, 0.15) is 329 Å². The van der Waals surface area contributed by atoms with Gasteiger partial charge in [0.2, 0.25) is 0 Å². The molecule has 0 aliphatic heterocycles. The molecular weight excluding hydrogens is 973 g/mol. The Morgan fingerprint density at radius 3 is 0.810 bits per heavy atom. The molecule has 0 aromatic carbocycles. The molecular formula is C73H126O6. The number of carbonyl (C=O) groups excluding carboxylic acids is 3. The Kier molecular flexibility index (Phi) is 63.7. The number of rotatable bonds is 61. The molecule has 454 valence electrons. The Balaban J connectivity index is 4.40. The fourth-order valence-electron chi connectivity index (χ4n) is 9.50. The van der Waals surface area contributed by atoms with Gasteiger partial charge in [-0.1, -0.05) is 285 Å². The van der Waals surface area contributed by atoms with Crippen molar-refractivity contribution in [3.8, 4) is 0 Å². The highest BCUT2D eigenvalue weighted by Crippen LogP contribution is 2.16. The topological polar surface area (TPSA) is 78.9 Å². The number of esters is 3. The maximum atomic E-state index is 12.9. The number of ether oxygens (including phenoxy) is 3. The van der Waals surface area contributed by atoms with Crippen LogP contribution in [0.2, 0.25) is 0 Å². The molecule has 1 atom stereocenters. The van der Waals surface area contributed by atoms with Crippen LogP contribution < -0.4 is 0 Å². The van der Waals surface area contributed by atoms with Gasteiger partial charge in [0, 0.05) is 19.3 Å². The minimum Gasteiger partial charge on any atom is -0.462 e. The Bertz CT molecular complexity index is 1540. The summed E-state index contributed by atoms with van der Waals surface area (Å²) < 4.78 is 17.0. The molecule has 0 heterocycles. The largest absolute Gasteiger partial charge is 0.462 e. The number of carbonyl (C=O) groups is 3. The van der Waals surface area contributed by atoms with Crippen molar-refractivity contribution >= 4 is 17.9 Å². The lowest BCUT2D eigenvalue weighted by Gasteiger charge is -2.18. The van der Waals surface area contributed by atoms with Crippen LogP contribution >= 0.6 is 0 Å². The number of hydrogen-bond acceptors (Lipinski definition) is 6. The summed E-state index contributed by atoms with van der Waals surface area (Å²) in [5.41, 5.74) is 0. The second-order valence-corrected chi connectivity index (χ2v) is 22.3. The van der Waals surface area contributed by atoms with Crippen molar-refractivity contribution in [2.45, 2.75) is 335 Å². The molecule has 0 aromatic heterocycles. The molecule has 0 amide bonds. The van der Waals surface area contributed by atoms with Crippen molar-refractivity contribution in [1.82, 2.24) is 0 Å². The Labute approximate surface area is 489 Å². The third-order valence-electron chi connectivity index (χ3n) is 14.5. The molecule has 0 saturated heterocycles. The van der Waals surface area contributed by atoms with Gasteiger partial charge in [0.05, 0.1) is 0 Å². The number of hydrogen-bond donors (Lipinski definition) is 0. The van der Waals surface area contributed by atoms with Gasteiger partial charge in [0.15, 0.2) is 6.10 Å². The van der Waals surface area contributed by atoms with Gasteiger partial charge >= 0.3 is 17.9 Å². The van der Waals surface area contributed by atoms with E-state index in [0.717, 1.165) is 103 Å². The van der Waals surface area contributed by atoms with Crippen LogP contribution in [0.3, 0.4) is 0 Å². The van der Waals surface area contributed by atoms with E-state index in [1.165, 1.54) is 186 Å². The minimum absolute atomic E-state index is 0.0827. The van der Waals surface area contributed by atoms with Gasteiger partial charge in [-0.3, -0.25) is 14.4 Å². The van der Waals surface area contributed by atoms with Crippen LogP contribution in [-0.2, 0) is 28.6 Å². The lowest BCUT2D eigenvalue weighted by atomic mass is 10.1. The van der Waals surface area contributed by atoms with Gasteiger partial charge in [-0.25, -0.2) is 0 Å². The Hall–Kier alpha value is -3.67. The van der Waals surface area contributed by atoms with Crippen molar-refractivity contribution in [1.29, 1.82) is 0 Å². The lowest BCUT2D eigenvalue weighted by molar-refractivity contribution is -0.167. The summed E-state index contributed by atoms with van der Waals surface area (Å²) in [6.45, 7) is 6.52. The van der Waals surface area contributed by atoms with Crippen molar-refractivity contribution in [2.75, 3.05) is 13.2 Å². The van der Waals surface area contributed by atoms with Crippen molar-refractivity contribution in [3.63, 3.8) is 0 Å². The van der Waals surface area contributed by atoms with E-state index in [-0.39, 0.29) is 31.1 Å². The van der Waals surface area contributed by atoms with Crippen LogP contribution in [0.25, 0.3) is 0 Å². The highest BCUT2D eigenvalue weighted by atomic mass is 16.6. The molecule has 0 aliphatic carbocycles. The van der Waals surface area contributed by atoms with Crippen LogP contribution in [0.4, 0.5) is 0 Å². The maximum Gasteiger partial charge on any atom is 0.306 e. The van der Waals surface area contributed by atoms with Gasteiger partial charge in [0.1, 0.15) is 13.2 Å². The van der Waals surface area contributed by atoms with Crippen molar-refractivity contribution < 1.29 is 28.6 Å². The average molecular weight is 1100 g/mol.